The van der Waals surface area contributed by atoms with Crippen molar-refractivity contribution >= 4 is 73.9 Å². The highest BCUT2D eigenvalue weighted by Crippen LogP contribution is 2.32. The zero-order valence-electron chi connectivity index (χ0n) is 24.1. The molecule has 0 aliphatic heterocycles. The monoisotopic (exact) mass is 641 g/mol. The van der Waals surface area contributed by atoms with E-state index in [1.54, 1.807) is 30.3 Å². The second kappa shape index (κ2) is 14.1. The summed E-state index contributed by atoms with van der Waals surface area (Å²) in [5.41, 5.74) is 16.3. The number of halogens is 2. The fourth-order valence-electron chi connectivity index (χ4n) is 5.12. The van der Waals surface area contributed by atoms with Crippen LogP contribution in [-0.2, 0) is 29.9 Å². The molecule has 12 heteroatoms. The van der Waals surface area contributed by atoms with Crippen molar-refractivity contribution in [1.82, 2.24) is 14.9 Å². The van der Waals surface area contributed by atoms with Crippen molar-refractivity contribution in [1.29, 1.82) is 5.41 Å². The highest BCUT2D eigenvalue weighted by molar-refractivity contribution is 7.93. The van der Waals surface area contributed by atoms with Crippen LogP contribution in [0.15, 0.2) is 83.8 Å². The highest BCUT2D eigenvalue weighted by Gasteiger charge is 2.27. The van der Waals surface area contributed by atoms with Gasteiger partial charge < -0.3 is 21.4 Å². The van der Waals surface area contributed by atoms with Crippen LogP contribution in [0.5, 0.6) is 0 Å². The summed E-state index contributed by atoms with van der Waals surface area (Å²) < 4.78 is 31.9. The maximum absolute atomic E-state index is 14.2. The molecule has 0 bridgehead atoms. The number of hydrogen-bond acceptors (Lipinski definition) is 6. The normalized spacial score (nSPS) is 11.2. The van der Waals surface area contributed by atoms with Crippen molar-refractivity contribution < 1.29 is 8.42 Å². The van der Waals surface area contributed by atoms with Gasteiger partial charge >= 0.3 is 0 Å². The van der Waals surface area contributed by atoms with Gasteiger partial charge in [0.05, 0.1) is 21.6 Å². The van der Waals surface area contributed by atoms with Crippen LogP contribution in [0.3, 0.4) is 0 Å². The molecule has 5 rings (SSSR count). The van der Waals surface area contributed by atoms with Gasteiger partial charge in [-0.25, -0.2) is 13.4 Å². The van der Waals surface area contributed by atoms with Gasteiger partial charge in [0.1, 0.15) is 11.7 Å². The number of amidine groups is 1. The number of anilines is 2. The van der Waals surface area contributed by atoms with E-state index in [0.29, 0.717) is 40.7 Å². The smallest absolute Gasteiger partial charge is 0.264 e. The Morgan fingerprint density at radius 3 is 2.37 bits per heavy atom. The van der Waals surface area contributed by atoms with Gasteiger partial charge in [0.2, 0.25) is 0 Å². The van der Waals surface area contributed by atoms with Crippen LogP contribution >= 0.6 is 24.8 Å². The summed E-state index contributed by atoms with van der Waals surface area (Å²) in [6, 6.07) is 23.8. The molecule has 0 fully saturated rings. The quantitative estimate of drug-likeness (QED) is 0.0690. The zero-order valence-corrected chi connectivity index (χ0v) is 26.5. The maximum Gasteiger partial charge on any atom is 0.264 e. The van der Waals surface area contributed by atoms with Crippen molar-refractivity contribution in [3.63, 3.8) is 0 Å². The molecule has 0 saturated heterocycles. The third-order valence-electron chi connectivity index (χ3n) is 7.37. The van der Waals surface area contributed by atoms with E-state index in [9.17, 15) is 8.42 Å². The number of fused-ring (bicyclic) bond motifs is 2. The van der Waals surface area contributed by atoms with Gasteiger partial charge in [-0.1, -0.05) is 55.5 Å². The fourth-order valence-corrected chi connectivity index (χ4v) is 6.79. The molecule has 1 aromatic heterocycles. The zero-order chi connectivity index (χ0) is 29.1. The maximum atomic E-state index is 14.2. The molecule has 0 aliphatic rings. The number of hydrogen-bond donors (Lipinski definition) is 4. The first-order valence-electron chi connectivity index (χ1n) is 13.6. The third-order valence-corrected chi connectivity index (χ3v) is 9.26. The number of sulfonamides is 1. The van der Waals surface area contributed by atoms with Gasteiger partial charge in [-0.2, -0.15) is 0 Å². The van der Waals surface area contributed by atoms with Crippen LogP contribution in [0.2, 0.25) is 0 Å². The summed E-state index contributed by atoms with van der Waals surface area (Å²) in [6.45, 7) is 3.48. The minimum atomic E-state index is -3.93. The van der Waals surface area contributed by atoms with E-state index < -0.39 is 10.0 Å². The van der Waals surface area contributed by atoms with Crippen LogP contribution in [-0.4, -0.2) is 43.4 Å². The Morgan fingerprint density at radius 1 is 0.977 bits per heavy atom. The number of aromatic nitrogens is 2. The Hall–Kier alpha value is -3.83. The molecule has 5 aromatic rings. The molecule has 0 saturated carbocycles. The highest BCUT2D eigenvalue weighted by atomic mass is 35.5. The Morgan fingerprint density at radius 2 is 1.67 bits per heavy atom. The van der Waals surface area contributed by atoms with E-state index in [1.807, 2.05) is 67.1 Å². The third kappa shape index (κ3) is 6.88. The SMILES string of the molecule is CCNCCN(c1ccc2c(c1)nc(CCc1ccc(C(=N)N)cc1)n2C)S(=O)(=O)c1cccc2c(N)cccc12.Cl.Cl. The Labute approximate surface area is 264 Å². The lowest BCUT2D eigenvalue weighted by Crippen LogP contribution is -2.37. The van der Waals surface area contributed by atoms with E-state index in [1.165, 1.54) is 4.31 Å². The summed E-state index contributed by atoms with van der Waals surface area (Å²) >= 11 is 0. The average Bonchev–Trinajstić information content (AvgIpc) is 3.28. The van der Waals surface area contributed by atoms with Gasteiger partial charge in [0.15, 0.2) is 0 Å². The number of imidazole rings is 1. The first kappa shape index (κ1) is 33.7. The summed E-state index contributed by atoms with van der Waals surface area (Å²) in [5.74, 6) is 0.952. The number of likely N-dealkylation sites (N-methyl/N-ethyl adjacent to an activating group) is 1. The predicted octanol–water partition coefficient (Wildman–Crippen LogP) is 5.03. The molecule has 0 aliphatic carbocycles. The topological polar surface area (TPSA) is 143 Å². The molecule has 0 atom stereocenters. The predicted molar refractivity (Wildman–Crippen MR) is 182 cm³/mol. The van der Waals surface area contributed by atoms with E-state index in [2.05, 4.69) is 5.32 Å². The molecule has 0 unspecified atom stereocenters. The van der Waals surface area contributed by atoms with Crippen molar-refractivity contribution in [2.45, 2.75) is 24.7 Å². The van der Waals surface area contributed by atoms with Crippen LogP contribution in [0.1, 0.15) is 23.9 Å². The molecule has 0 spiro atoms. The van der Waals surface area contributed by atoms with E-state index in [4.69, 9.17) is 21.9 Å². The van der Waals surface area contributed by atoms with Crippen molar-refractivity contribution in [2.24, 2.45) is 12.8 Å². The molecule has 0 radical (unpaired) electrons. The van der Waals surface area contributed by atoms with Crippen LogP contribution in [0.25, 0.3) is 21.8 Å². The van der Waals surface area contributed by atoms with Crippen molar-refractivity contribution in [3.8, 4) is 0 Å². The largest absolute Gasteiger partial charge is 0.398 e. The summed E-state index contributed by atoms with van der Waals surface area (Å²) in [7, 11) is -1.95. The van der Waals surface area contributed by atoms with Crippen LogP contribution < -0.4 is 21.1 Å². The first-order valence-corrected chi connectivity index (χ1v) is 15.0. The van der Waals surface area contributed by atoms with Gasteiger partial charge in [0.25, 0.3) is 10.0 Å². The lowest BCUT2D eigenvalue weighted by molar-refractivity contribution is 0.589. The van der Waals surface area contributed by atoms with E-state index in [-0.39, 0.29) is 42.1 Å². The lowest BCUT2D eigenvalue weighted by Gasteiger charge is -2.25. The van der Waals surface area contributed by atoms with Gasteiger partial charge in [-0.05, 0) is 48.9 Å². The molecule has 6 N–H and O–H groups in total. The number of aryl methyl sites for hydroxylation is 3. The molecular weight excluding hydrogens is 605 g/mol. The molecular formula is C31H37Cl2N7O2S. The minimum Gasteiger partial charge on any atom is -0.398 e. The van der Waals surface area contributed by atoms with Crippen molar-refractivity contribution in [2.75, 3.05) is 29.7 Å². The number of nitrogens with two attached hydrogens (primary N) is 2. The van der Waals surface area contributed by atoms with E-state index in [0.717, 1.165) is 35.4 Å². The number of nitrogens with one attached hydrogen (secondary N) is 2. The minimum absolute atomic E-state index is 0. The average molecular weight is 643 g/mol. The summed E-state index contributed by atoms with van der Waals surface area (Å²) in [6.07, 6.45) is 1.48. The van der Waals surface area contributed by atoms with Gasteiger partial charge in [-0.3, -0.25) is 9.71 Å². The number of rotatable bonds is 11. The lowest BCUT2D eigenvalue weighted by atomic mass is 10.1. The number of benzene rings is 4. The molecule has 43 heavy (non-hydrogen) atoms. The standard InChI is InChI=1S/C31H35N7O2S.2ClH/c1-3-35-18-19-38(41(39,40)29-9-5-6-24-25(29)7-4-8-26(24)32)23-15-16-28-27(20-23)36-30(37(28)2)17-12-21-10-13-22(14-11-21)31(33)34;;/h4-11,13-16,20,35H,3,12,17-19,32H2,1-2H3,(H3,33,34);2*1H. The second-order valence-electron chi connectivity index (χ2n) is 10.00. The molecule has 0 amide bonds. The summed E-state index contributed by atoms with van der Waals surface area (Å²) in [4.78, 5) is 5.10. The Bertz CT molecular complexity index is 1840. The molecule has 228 valence electrons. The Balaban J connectivity index is 0.00000253. The van der Waals surface area contributed by atoms with Crippen molar-refractivity contribution in [3.05, 3.63) is 95.8 Å². The van der Waals surface area contributed by atoms with Gasteiger partial charge in [-0.15, -0.1) is 24.8 Å². The molecule has 4 aromatic carbocycles. The fraction of sp³-hybridized carbons (Fsp3) is 0.226. The van der Waals surface area contributed by atoms with Crippen LogP contribution in [0.4, 0.5) is 11.4 Å². The number of nitrogen functional groups attached to an aromatic ring is 2. The number of nitrogens with zero attached hydrogens (tertiary/aromatic N) is 3. The van der Waals surface area contributed by atoms with Crippen LogP contribution in [0, 0.1) is 5.41 Å². The second-order valence-corrected chi connectivity index (χ2v) is 11.8. The molecule has 9 nitrogen and oxygen atoms in total. The molecule has 1 heterocycles. The van der Waals surface area contributed by atoms with Gasteiger partial charge in [0, 0.05) is 48.6 Å². The summed E-state index contributed by atoms with van der Waals surface area (Å²) in [5, 5.41) is 12.1. The first-order chi connectivity index (χ1) is 19.7. The Kier molecular flexibility index (Phi) is 11.0. The van der Waals surface area contributed by atoms with E-state index >= 15 is 0 Å².